The van der Waals surface area contributed by atoms with Crippen LogP contribution >= 0.6 is 0 Å². The van der Waals surface area contributed by atoms with Gasteiger partial charge in [0.25, 0.3) is 0 Å². The van der Waals surface area contributed by atoms with Gasteiger partial charge in [0.2, 0.25) is 11.8 Å². The number of carbonyl (C=O) groups excluding carboxylic acids is 1. The number of aryl methyl sites for hydroxylation is 2. The van der Waals surface area contributed by atoms with E-state index in [9.17, 15) is 9.18 Å². The molecule has 0 unspecified atom stereocenters. The predicted molar refractivity (Wildman–Crippen MR) is 102 cm³/mol. The Morgan fingerprint density at radius 2 is 2.11 bits per heavy atom. The van der Waals surface area contributed by atoms with Gasteiger partial charge in [0.05, 0.1) is 18.5 Å². The second-order valence-electron chi connectivity index (χ2n) is 6.35. The van der Waals surface area contributed by atoms with Gasteiger partial charge in [-0.3, -0.25) is 4.79 Å². The molecule has 0 atom stereocenters. The minimum absolute atomic E-state index is 0.00812. The summed E-state index contributed by atoms with van der Waals surface area (Å²) in [6.07, 6.45) is 0.879. The summed E-state index contributed by atoms with van der Waals surface area (Å²) in [5.41, 5.74) is 3.85. The van der Waals surface area contributed by atoms with Crippen LogP contribution in [0.1, 0.15) is 30.2 Å². The first-order chi connectivity index (χ1) is 13.0. The SMILES string of the molecule is CCNC(=O)CCc1c(OC)nc2c(c(C)nn2-c2cccc(F)c2)c1C. The van der Waals surface area contributed by atoms with Gasteiger partial charge >= 0.3 is 0 Å². The number of hydrogen-bond acceptors (Lipinski definition) is 4. The maximum atomic E-state index is 13.7. The molecule has 0 bridgehead atoms. The third kappa shape index (κ3) is 3.63. The van der Waals surface area contributed by atoms with Crippen molar-refractivity contribution in [1.29, 1.82) is 0 Å². The van der Waals surface area contributed by atoms with Crippen LogP contribution in [-0.2, 0) is 11.2 Å². The number of pyridine rings is 1. The number of rotatable bonds is 6. The van der Waals surface area contributed by atoms with Gasteiger partial charge in [0.1, 0.15) is 5.82 Å². The summed E-state index contributed by atoms with van der Waals surface area (Å²) in [5.74, 6) is 0.115. The third-order valence-electron chi connectivity index (χ3n) is 4.55. The molecular weight excluding hydrogens is 347 g/mol. The molecule has 7 heteroatoms. The molecule has 27 heavy (non-hydrogen) atoms. The van der Waals surface area contributed by atoms with Crippen molar-refractivity contribution in [3.8, 4) is 11.6 Å². The summed E-state index contributed by atoms with van der Waals surface area (Å²) in [6.45, 7) is 6.37. The Bertz CT molecular complexity index is 997. The van der Waals surface area contributed by atoms with Crippen molar-refractivity contribution < 1.29 is 13.9 Å². The van der Waals surface area contributed by atoms with E-state index in [2.05, 4.69) is 15.4 Å². The summed E-state index contributed by atoms with van der Waals surface area (Å²) in [5, 5.41) is 8.25. The minimum Gasteiger partial charge on any atom is -0.481 e. The Kier molecular flexibility index (Phi) is 5.39. The molecule has 0 aliphatic rings. The topological polar surface area (TPSA) is 69.0 Å². The van der Waals surface area contributed by atoms with E-state index in [0.717, 1.165) is 22.2 Å². The molecule has 0 spiro atoms. The van der Waals surface area contributed by atoms with Crippen LogP contribution in [0.2, 0.25) is 0 Å². The molecule has 0 saturated heterocycles. The first-order valence-electron chi connectivity index (χ1n) is 8.91. The highest BCUT2D eigenvalue weighted by molar-refractivity contribution is 5.85. The smallest absolute Gasteiger partial charge is 0.220 e. The molecule has 2 heterocycles. The van der Waals surface area contributed by atoms with Crippen molar-refractivity contribution in [2.24, 2.45) is 0 Å². The fourth-order valence-electron chi connectivity index (χ4n) is 3.31. The normalized spacial score (nSPS) is 11.0. The van der Waals surface area contributed by atoms with E-state index in [0.29, 0.717) is 36.6 Å². The van der Waals surface area contributed by atoms with E-state index in [1.807, 2.05) is 20.8 Å². The first-order valence-corrected chi connectivity index (χ1v) is 8.91. The number of nitrogens with one attached hydrogen (secondary N) is 1. The number of hydrogen-bond donors (Lipinski definition) is 1. The summed E-state index contributed by atoms with van der Waals surface area (Å²) in [6, 6.07) is 6.22. The van der Waals surface area contributed by atoms with Gasteiger partial charge in [-0.25, -0.2) is 9.07 Å². The molecule has 3 aromatic rings. The van der Waals surface area contributed by atoms with Crippen LogP contribution in [-0.4, -0.2) is 34.3 Å². The zero-order valence-corrected chi connectivity index (χ0v) is 16.0. The molecule has 2 aromatic heterocycles. The van der Waals surface area contributed by atoms with E-state index >= 15 is 0 Å². The van der Waals surface area contributed by atoms with Crippen molar-refractivity contribution in [3.05, 3.63) is 46.9 Å². The lowest BCUT2D eigenvalue weighted by Crippen LogP contribution is -2.23. The summed E-state index contributed by atoms with van der Waals surface area (Å²) in [4.78, 5) is 16.5. The van der Waals surface area contributed by atoms with Gasteiger partial charge in [0, 0.05) is 23.9 Å². The van der Waals surface area contributed by atoms with Gasteiger partial charge in [-0.15, -0.1) is 0 Å². The second-order valence-corrected chi connectivity index (χ2v) is 6.35. The molecule has 0 saturated carbocycles. The van der Waals surface area contributed by atoms with E-state index in [-0.39, 0.29) is 11.7 Å². The molecule has 0 radical (unpaired) electrons. The number of amides is 1. The Morgan fingerprint density at radius 3 is 2.78 bits per heavy atom. The van der Waals surface area contributed by atoms with E-state index in [4.69, 9.17) is 4.74 Å². The van der Waals surface area contributed by atoms with E-state index in [1.165, 1.54) is 12.1 Å². The number of carbonyl (C=O) groups is 1. The molecule has 1 amide bonds. The Morgan fingerprint density at radius 1 is 1.33 bits per heavy atom. The lowest BCUT2D eigenvalue weighted by atomic mass is 10.0. The zero-order valence-electron chi connectivity index (χ0n) is 16.0. The highest BCUT2D eigenvalue weighted by atomic mass is 19.1. The fourth-order valence-corrected chi connectivity index (χ4v) is 3.31. The van der Waals surface area contributed by atoms with Gasteiger partial charge in [-0.1, -0.05) is 6.07 Å². The van der Waals surface area contributed by atoms with Crippen LogP contribution in [0.3, 0.4) is 0 Å². The number of fused-ring (bicyclic) bond motifs is 1. The van der Waals surface area contributed by atoms with Crippen molar-refractivity contribution in [1.82, 2.24) is 20.1 Å². The molecule has 0 aliphatic heterocycles. The predicted octanol–water partition coefficient (Wildman–Crippen LogP) is 3.25. The highest BCUT2D eigenvalue weighted by Gasteiger charge is 2.20. The lowest BCUT2D eigenvalue weighted by molar-refractivity contribution is -0.120. The molecule has 3 rings (SSSR count). The fraction of sp³-hybridized carbons (Fsp3) is 0.350. The Labute approximate surface area is 157 Å². The molecule has 1 aromatic carbocycles. The van der Waals surface area contributed by atoms with Gasteiger partial charge in [-0.05, 0) is 51.0 Å². The van der Waals surface area contributed by atoms with Gasteiger partial charge in [0.15, 0.2) is 5.65 Å². The summed E-state index contributed by atoms with van der Waals surface area (Å²) < 4.78 is 20.8. The van der Waals surface area contributed by atoms with E-state index < -0.39 is 0 Å². The largest absolute Gasteiger partial charge is 0.481 e. The third-order valence-corrected chi connectivity index (χ3v) is 4.55. The van der Waals surface area contributed by atoms with E-state index in [1.54, 1.807) is 23.9 Å². The average molecular weight is 370 g/mol. The lowest BCUT2D eigenvalue weighted by Gasteiger charge is -2.13. The quantitative estimate of drug-likeness (QED) is 0.723. The number of ether oxygens (including phenoxy) is 1. The molecule has 142 valence electrons. The van der Waals surface area contributed by atoms with Crippen LogP contribution in [0.25, 0.3) is 16.7 Å². The Hall–Kier alpha value is -2.96. The van der Waals surface area contributed by atoms with Gasteiger partial charge < -0.3 is 10.1 Å². The van der Waals surface area contributed by atoms with Crippen molar-refractivity contribution in [2.45, 2.75) is 33.6 Å². The number of methoxy groups -OCH3 is 1. The molecule has 6 nitrogen and oxygen atoms in total. The molecule has 0 fully saturated rings. The summed E-state index contributed by atoms with van der Waals surface area (Å²) in [7, 11) is 1.55. The Balaban J connectivity index is 2.11. The maximum absolute atomic E-state index is 13.7. The van der Waals surface area contributed by atoms with Crippen LogP contribution in [0.4, 0.5) is 4.39 Å². The number of benzene rings is 1. The standard InChI is InChI=1S/C20H23FN4O2/c1-5-22-17(26)10-9-16-12(2)18-13(3)24-25(19(18)23-20(16)27-4)15-8-6-7-14(21)11-15/h6-8,11H,5,9-10H2,1-4H3,(H,22,26). The molecule has 1 N–H and O–H groups in total. The minimum atomic E-state index is -0.337. The average Bonchev–Trinajstić information content (AvgIpc) is 2.97. The second kappa shape index (κ2) is 7.73. The van der Waals surface area contributed by atoms with Crippen molar-refractivity contribution in [2.75, 3.05) is 13.7 Å². The monoisotopic (exact) mass is 370 g/mol. The maximum Gasteiger partial charge on any atom is 0.220 e. The summed E-state index contributed by atoms with van der Waals surface area (Å²) >= 11 is 0. The first kappa shape index (κ1) is 18.8. The van der Waals surface area contributed by atoms with Gasteiger partial charge in [-0.2, -0.15) is 10.1 Å². The van der Waals surface area contributed by atoms with Crippen LogP contribution < -0.4 is 10.1 Å². The molecule has 0 aliphatic carbocycles. The number of halogens is 1. The van der Waals surface area contributed by atoms with Crippen molar-refractivity contribution in [3.63, 3.8) is 0 Å². The zero-order chi connectivity index (χ0) is 19.6. The number of nitrogens with zero attached hydrogens (tertiary/aromatic N) is 3. The highest BCUT2D eigenvalue weighted by Crippen LogP contribution is 2.31. The van der Waals surface area contributed by atoms with Crippen LogP contribution in [0.5, 0.6) is 5.88 Å². The van der Waals surface area contributed by atoms with Crippen molar-refractivity contribution >= 4 is 16.9 Å². The van der Waals surface area contributed by atoms with Crippen LogP contribution in [0.15, 0.2) is 24.3 Å². The van der Waals surface area contributed by atoms with Crippen LogP contribution in [0, 0.1) is 19.7 Å². The molecular formula is C20H23FN4O2. The number of aromatic nitrogens is 3.